The molecule has 0 aliphatic rings. The maximum Gasteiger partial charge on any atom is 0.342 e. The van der Waals surface area contributed by atoms with Crippen molar-refractivity contribution >= 4 is 40.5 Å². The predicted molar refractivity (Wildman–Crippen MR) is 99.0 cm³/mol. The van der Waals surface area contributed by atoms with E-state index in [4.69, 9.17) is 26.8 Å². The van der Waals surface area contributed by atoms with Gasteiger partial charge in [-0.15, -0.1) is 0 Å². The molecule has 3 N–H and O–H groups in total. The molecule has 2 aromatic carbocycles. The molecule has 0 bridgehead atoms. The third-order valence-electron chi connectivity index (χ3n) is 3.60. The monoisotopic (exact) mass is 411 g/mol. The SMILES string of the molecule is COc1cc(N)c(Cl)cc1C(=O)O[C@H](C)C(=O)Nc1ccc(F)c([N+](=O)[O-])c1. The molecule has 2 aromatic rings. The minimum atomic E-state index is -1.28. The molecule has 0 fully saturated rings. The zero-order valence-corrected chi connectivity index (χ0v) is 15.5. The molecule has 0 aliphatic heterocycles. The van der Waals surface area contributed by atoms with Gasteiger partial charge in [0.2, 0.25) is 5.82 Å². The van der Waals surface area contributed by atoms with Crippen LogP contribution in [0.1, 0.15) is 17.3 Å². The van der Waals surface area contributed by atoms with Gasteiger partial charge < -0.3 is 20.5 Å². The van der Waals surface area contributed by atoms with E-state index in [0.29, 0.717) is 0 Å². The van der Waals surface area contributed by atoms with Crippen molar-refractivity contribution < 1.29 is 28.4 Å². The Morgan fingerprint density at radius 2 is 2.00 bits per heavy atom. The van der Waals surface area contributed by atoms with Crippen LogP contribution in [-0.4, -0.2) is 30.0 Å². The van der Waals surface area contributed by atoms with Crippen LogP contribution in [0.5, 0.6) is 5.75 Å². The number of carbonyl (C=O) groups excluding carboxylic acids is 2. The smallest absolute Gasteiger partial charge is 0.342 e. The van der Waals surface area contributed by atoms with Crippen molar-refractivity contribution in [2.24, 2.45) is 0 Å². The van der Waals surface area contributed by atoms with E-state index < -0.39 is 34.4 Å². The molecule has 0 saturated carbocycles. The molecule has 1 atom stereocenters. The third kappa shape index (κ3) is 4.65. The number of ether oxygens (including phenoxy) is 2. The van der Waals surface area contributed by atoms with Crippen LogP contribution in [0.2, 0.25) is 5.02 Å². The molecular weight excluding hydrogens is 397 g/mol. The molecule has 0 heterocycles. The van der Waals surface area contributed by atoms with Crippen LogP contribution in [0.15, 0.2) is 30.3 Å². The fourth-order valence-corrected chi connectivity index (χ4v) is 2.31. The van der Waals surface area contributed by atoms with Crippen molar-refractivity contribution in [1.29, 1.82) is 0 Å². The normalized spacial score (nSPS) is 11.4. The summed E-state index contributed by atoms with van der Waals surface area (Å²) >= 11 is 5.89. The van der Waals surface area contributed by atoms with Gasteiger partial charge in [0, 0.05) is 17.8 Å². The first kappa shape index (κ1) is 20.9. The summed E-state index contributed by atoms with van der Waals surface area (Å²) in [4.78, 5) is 34.3. The van der Waals surface area contributed by atoms with E-state index in [1.165, 1.54) is 26.2 Å². The number of anilines is 2. The highest BCUT2D eigenvalue weighted by Crippen LogP contribution is 2.29. The molecule has 0 aliphatic carbocycles. The Morgan fingerprint density at radius 1 is 1.32 bits per heavy atom. The molecule has 148 valence electrons. The van der Waals surface area contributed by atoms with Crippen LogP contribution < -0.4 is 15.8 Å². The van der Waals surface area contributed by atoms with Gasteiger partial charge in [-0.1, -0.05) is 11.6 Å². The number of hydrogen-bond acceptors (Lipinski definition) is 7. The first-order valence-corrected chi connectivity index (χ1v) is 8.10. The van der Waals surface area contributed by atoms with Crippen LogP contribution in [0.25, 0.3) is 0 Å². The molecule has 0 spiro atoms. The van der Waals surface area contributed by atoms with Crippen molar-refractivity contribution in [3.05, 3.63) is 56.8 Å². The number of rotatable bonds is 6. The van der Waals surface area contributed by atoms with Crippen molar-refractivity contribution in [1.82, 2.24) is 0 Å². The molecular formula is C17H15ClFN3O6. The van der Waals surface area contributed by atoms with Gasteiger partial charge in [0.05, 0.1) is 22.7 Å². The number of carbonyl (C=O) groups is 2. The Labute approximate surface area is 163 Å². The lowest BCUT2D eigenvalue weighted by molar-refractivity contribution is -0.387. The number of amides is 1. The Balaban J connectivity index is 2.13. The minimum absolute atomic E-state index is 0.0332. The van der Waals surface area contributed by atoms with Crippen LogP contribution in [0.3, 0.4) is 0 Å². The third-order valence-corrected chi connectivity index (χ3v) is 3.93. The van der Waals surface area contributed by atoms with Crippen molar-refractivity contribution in [3.8, 4) is 5.75 Å². The Hall–Kier alpha value is -3.40. The number of nitro benzene ring substituents is 1. The van der Waals surface area contributed by atoms with Gasteiger partial charge in [-0.05, 0) is 25.1 Å². The Bertz CT molecular complexity index is 953. The van der Waals surface area contributed by atoms with Crippen LogP contribution >= 0.6 is 11.6 Å². The maximum absolute atomic E-state index is 13.4. The lowest BCUT2D eigenvalue weighted by Gasteiger charge is -2.15. The number of halogens is 2. The fourth-order valence-electron chi connectivity index (χ4n) is 2.15. The summed E-state index contributed by atoms with van der Waals surface area (Å²) in [6, 6.07) is 5.40. The summed E-state index contributed by atoms with van der Waals surface area (Å²) in [5.74, 6) is -2.62. The number of esters is 1. The largest absolute Gasteiger partial charge is 0.496 e. The van der Waals surface area contributed by atoms with Crippen molar-refractivity contribution in [3.63, 3.8) is 0 Å². The first-order valence-electron chi connectivity index (χ1n) is 7.72. The van der Waals surface area contributed by atoms with Crippen LogP contribution in [0.4, 0.5) is 21.5 Å². The van der Waals surface area contributed by atoms with E-state index >= 15 is 0 Å². The number of benzene rings is 2. The van der Waals surface area contributed by atoms with Crippen LogP contribution in [-0.2, 0) is 9.53 Å². The summed E-state index contributed by atoms with van der Waals surface area (Å²) < 4.78 is 23.5. The van der Waals surface area contributed by atoms with Gasteiger partial charge in [-0.2, -0.15) is 4.39 Å². The highest BCUT2D eigenvalue weighted by molar-refractivity contribution is 6.33. The second-order valence-corrected chi connectivity index (χ2v) is 5.94. The van der Waals surface area contributed by atoms with Gasteiger partial charge in [-0.25, -0.2) is 4.79 Å². The average molecular weight is 412 g/mol. The van der Waals surface area contributed by atoms with Crippen LogP contribution in [0, 0.1) is 15.9 Å². The fraction of sp³-hybridized carbons (Fsp3) is 0.176. The molecule has 0 unspecified atom stereocenters. The number of methoxy groups -OCH3 is 1. The van der Waals surface area contributed by atoms with E-state index in [9.17, 15) is 24.1 Å². The summed E-state index contributed by atoms with van der Waals surface area (Å²) in [7, 11) is 1.32. The lowest BCUT2D eigenvalue weighted by atomic mass is 10.2. The van der Waals surface area contributed by atoms with Crippen molar-refractivity contribution in [2.75, 3.05) is 18.2 Å². The molecule has 1 amide bonds. The van der Waals surface area contributed by atoms with E-state index in [0.717, 1.165) is 18.2 Å². The van der Waals surface area contributed by atoms with E-state index in [1.54, 1.807) is 0 Å². The summed E-state index contributed by atoms with van der Waals surface area (Å²) in [5, 5.41) is 13.2. The predicted octanol–water partition coefficient (Wildman–Crippen LogP) is 3.16. The van der Waals surface area contributed by atoms with Gasteiger partial charge in [0.25, 0.3) is 5.91 Å². The molecule has 9 nitrogen and oxygen atoms in total. The molecule has 0 saturated heterocycles. The molecule has 2 rings (SSSR count). The number of nitrogen functional groups attached to an aromatic ring is 1. The van der Waals surface area contributed by atoms with Gasteiger partial charge >= 0.3 is 11.7 Å². The summed E-state index contributed by atoms with van der Waals surface area (Å²) in [6.45, 7) is 1.29. The van der Waals surface area contributed by atoms with Crippen molar-refractivity contribution in [2.45, 2.75) is 13.0 Å². The average Bonchev–Trinajstić information content (AvgIpc) is 2.64. The second kappa shape index (κ2) is 8.53. The Morgan fingerprint density at radius 3 is 2.61 bits per heavy atom. The zero-order valence-electron chi connectivity index (χ0n) is 14.7. The lowest BCUT2D eigenvalue weighted by Crippen LogP contribution is -2.30. The molecule has 28 heavy (non-hydrogen) atoms. The number of hydrogen-bond donors (Lipinski definition) is 2. The molecule has 0 aromatic heterocycles. The number of nitrogens with two attached hydrogens (primary N) is 1. The number of nitro groups is 1. The van der Waals surface area contributed by atoms with Gasteiger partial charge in [0.15, 0.2) is 6.10 Å². The van der Waals surface area contributed by atoms with E-state index in [-0.39, 0.29) is 27.7 Å². The number of nitrogens with zero attached hydrogens (tertiary/aromatic N) is 1. The number of nitrogens with one attached hydrogen (secondary N) is 1. The minimum Gasteiger partial charge on any atom is -0.496 e. The maximum atomic E-state index is 13.4. The second-order valence-electron chi connectivity index (χ2n) is 5.53. The Kier molecular flexibility index (Phi) is 6.37. The molecule has 11 heteroatoms. The van der Waals surface area contributed by atoms with Gasteiger partial charge in [-0.3, -0.25) is 14.9 Å². The highest BCUT2D eigenvalue weighted by Gasteiger charge is 2.23. The summed E-state index contributed by atoms with van der Waals surface area (Å²) in [5.41, 5.74) is 4.96. The standard InChI is InChI=1S/C17H15ClFN3O6/c1-8(16(23)21-9-3-4-12(19)14(5-9)22(25)26)28-17(24)10-6-11(18)13(20)7-15(10)27-2/h3-8H,20H2,1-2H3,(H,21,23)/t8-/m1/s1. The van der Waals surface area contributed by atoms with Gasteiger partial charge in [0.1, 0.15) is 11.3 Å². The van der Waals surface area contributed by atoms with E-state index in [1.807, 2.05) is 0 Å². The van der Waals surface area contributed by atoms with E-state index in [2.05, 4.69) is 5.32 Å². The zero-order chi connectivity index (χ0) is 21.0. The first-order chi connectivity index (χ1) is 13.1. The quantitative estimate of drug-likeness (QED) is 0.322. The topological polar surface area (TPSA) is 134 Å². The molecule has 0 radical (unpaired) electrons. The highest BCUT2D eigenvalue weighted by atomic mass is 35.5. The summed E-state index contributed by atoms with van der Waals surface area (Å²) in [6.07, 6.45) is -1.28.